The Morgan fingerprint density at radius 2 is 1.76 bits per heavy atom. The van der Waals surface area contributed by atoms with Crippen LogP contribution in [0.15, 0.2) is 82.4 Å². The molecule has 0 saturated carbocycles. The third-order valence-corrected chi connectivity index (χ3v) is 6.63. The quantitative estimate of drug-likeness (QED) is 0.119. The molecule has 0 spiro atoms. The number of carbonyl (C=O) groups excluding carboxylic acids is 2. The van der Waals surface area contributed by atoms with Crippen LogP contribution in [0.2, 0.25) is 5.02 Å². The molecule has 0 bridgehead atoms. The summed E-state index contributed by atoms with van der Waals surface area (Å²) in [5.41, 5.74) is 2.13. The molecule has 0 aromatic heterocycles. The lowest BCUT2D eigenvalue weighted by Crippen LogP contribution is -2.32. The average Bonchev–Trinajstić information content (AvgIpc) is 2.93. The summed E-state index contributed by atoms with van der Waals surface area (Å²) in [5, 5.41) is 7.82. The highest BCUT2D eigenvalue weighted by Crippen LogP contribution is 2.38. The molecule has 0 radical (unpaired) electrons. The Labute approximate surface area is 246 Å². The van der Waals surface area contributed by atoms with E-state index >= 15 is 0 Å². The fraction of sp³-hybridized carbons (Fsp3) is 0.138. The molecule has 7 nitrogen and oxygen atoms in total. The van der Waals surface area contributed by atoms with E-state index in [1.54, 1.807) is 12.1 Å². The molecule has 4 aromatic rings. The van der Waals surface area contributed by atoms with Gasteiger partial charge in [-0.25, -0.2) is 5.43 Å². The van der Waals surface area contributed by atoms with Crippen molar-refractivity contribution in [1.82, 2.24) is 5.43 Å². The average molecular weight is 649 g/mol. The first-order chi connectivity index (χ1) is 19.6. The fourth-order valence-electron chi connectivity index (χ4n) is 3.83. The fourth-order valence-corrected chi connectivity index (χ4v) is 4.57. The van der Waals surface area contributed by atoms with Crippen LogP contribution in [0.5, 0.6) is 11.5 Å². The lowest BCUT2D eigenvalue weighted by Gasteiger charge is -2.15. The number of hydrogen-bond donors (Lipinski definition) is 2. The lowest BCUT2D eigenvalue weighted by molar-refractivity contribution is -0.137. The second-order valence-electron chi connectivity index (χ2n) is 8.54. The normalized spacial score (nSPS) is 11.5. The van der Waals surface area contributed by atoms with Gasteiger partial charge in [-0.3, -0.25) is 9.59 Å². The van der Waals surface area contributed by atoms with Crippen molar-refractivity contribution in [3.8, 4) is 11.5 Å². The molecule has 4 rings (SSSR count). The third kappa shape index (κ3) is 7.56. The van der Waals surface area contributed by atoms with Crippen molar-refractivity contribution in [2.24, 2.45) is 5.10 Å². The summed E-state index contributed by atoms with van der Waals surface area (Å²) < 4.78 is 51.3. The molecule has 41 heavy (non-hydrogen) atoms. The molecule has 12 heteroatoms. The Morgan fingerprint density at radius 1 is 1.00 bits per heavy atom. The first kappa shape index (κ1) is 29.9. The van der Waals surface area contributed by atoms with Gasteiger partial charge in [0.1, 0.15) is 6.61 Å². The van der Waals surface area contributed by atoms with E-state index in [0.717, 1.165) is 28.5 Å². The maximum Gasteiger partial charge on any atom is 0.416 e. The van der Waals surface area contributed by atoms with Gasteiger partial charge in [-0.15, -0.1) is 0 Å². The van der Waals surface area contributed by atoms with Crippen LogP contribution in [0.25, 0.3) is 10.8 Å². The number of amides is 2. The van der Waals surface area contributed by atoms with E-state index < -0.39 is 23.6 Å². The second-order valence-corrected chi connectivity index (χ2v) is 9.80. The molecule has 0 saturated heterocycles. The predicted octanol–water partition coefficient (Wildman–Crippen LogP) is 7.34. The van der Waals surface area contributed by atoms with Crippen molar-refractivity contribution >= 4 is 62.0 Å². The van der Waals surface area contributed by atoms with E-state index in [4.69, 9.17) is 21.1 Å². The molecular formula is C29H22BrClF3N3O4. The standard InChI is InChI=1S/C29H22BrClF3N3O4/c1-2-40-25-13-17(12-22(30)26(25)41-16-19-8-5-7-18-6-3-4-9-21(18)19)15-35-37-28(39)27(38)36-24-14-20(29(32,33)34)10-11-23(24)31/h3-15H,2,16H2,1H3,(H,36,38)(H,37,39). The molecule has 0 fully saturated rings. The van der Waals surface area contributed by atoms with Crippen LogP contribution in [-0.4, -0.2) is 24.6 Å². The number of benzene rings is 4. The maximum absolute atomic E-state index is 13.0. The molecule has 0 aliphatic heterocycles. The topological polar surface area (TPSA) is 89.0 Å². The summed E-state index contributed by atoms with van der Waals surface area (Å²) >= 11 is 9.35. The van der Waals surface area contributed by atoms with Crippen molar-refractivity contribution in [1.29, 1.82) is 0 Å². The van der Waals surface area contributed by atoms with Gasteiger partial charge in [0.2, 0.25) is 0 Å². The van der Waals surface area contributed by atoms with Crippen molar-refractivity contribution < 1.29 is 32.2 Å². The zero-order valence-corrected chi connectivity index (χ0v) is 23.7. The minimum Gasteiger partial charge on any atom is -0.490 e. The number of nitrogens with one attached hydrogen (secondary N) is 2. The highest BCUT2D eigenvalue weighted by molar-refractivity contribution is 9.10. The van der Waals surface area contributed by atoms with Gasteiger partial charge in [0.15, 0.2) is 11.5 Å². The monoisotopic (exact) mass is 647 g/mol. The van der Waals surface area contributed by atoms with Gasteiger partial charge in [-0.2, -0.15) is 18.3 Å². The Bertz CT molecular complexity index is 1620. The van der Waals surface area contributed by atoms with Crippen LogP contribution in [0, 0.1) is 0 Å². The number of alkyl halides is 3. The van der Waals surface area contributed by atoms with Crippen molar-refractivity contribution in [2.75, 3.05) is 11.9 Å². The zero-order valence-electron chi connectivity index (χ0n) is 21.4. The molecule has 0 aliphatic carbocycles. The molecule has 0 unspecified atom stereocenters. The summed E-state index contributed by atoms with van der Waals surface area (Å²) in [4.78, 5) is 24.4. The van der Waals surface area contributed by atoms with Crippen LogP contribution in [0.1, 0.15) is 23.6 Å². The second kappa shape index (κ2) is 13.0. The van der Waals surface area contributed by atoms with Crippen LogP contribution in [0.3, 0.4) is 0 Å². The Kier molecular flexibility index (Phi) is 9.51. The van der Waals surface area contributed by atoms with Crippen LogP contribution in [0.4, 0.5) is 18.9 Å². The molecule has 0 atom stereocenters. The van der Waals surface area contributed by atoms with E-state index in [9.17, 15) is 22.8 Å². The largest absolute Gasteiger partial charge is 0.490 e. The number of halogens is 5. The molecule has 0 aliphatic rings. The SMILES string of the molecule is CCOc1cc(C=NNC(=O)C(=O)Nc2cc(C(F)(F)F)ccc2Cl)cc(Br)c1OCc1cccc2ccccc12. The van der Waals surface area contributed by atoms with Gasteiger partial charge in [0.05, 0.1) is 33.6 Å². The van der Waals surface area contributed by atoms with Gasteiger partial charge < -0.3 is 14.8 Å². The molecular weight excluding hydrogens is 627 g/mol. The van der Waals surface area contributed by atoms with Gasteiger partial charge in [0, 0.05) is 0 Å². The van der Waals surface area contributed by atoms with Gasteiger partial charge >= 0.3 is 18.0 Å². The molecule has 0 heterocycles. The first-order valence-corrected chi connectivity index (χ1v) is 13.3. The first-order valence-electron chi connectivity index (χ1n) is 12.1. The maximum atomic E-state index is 13.0. The Hall–Kier alpha value is -4.09. The van der Waals surface area contributed by atoms with Gasteiger partial charge in [0.25, 0.3) is 0 Å². The van der Waals surface area contributed by atoms with Crippen molar-refractivity contribution in [2.45, 2.75) is 19.7 Å². The number of hydrazone groups is 1. The summed E-state index contributed by atoms with van der Waals surface area (Å²) in [6, 6.07) is 19.6. The van der Waals surface area contributed by atoms with E-state index in [1.165, 1.54) is 6.21 Å². The summed E-state index contributed by atoms with van der Waals surface area (Å²) in [5.74, 6) is -1.57. The van der Waals surface area contributed by atoms with E-state index in [0.29, 0.717) is 34.2 Å². The molecule has 4 aromatic carbocycles. The van der Waals surface area contributed by atoms with E-state index in [-0.39, 0.29) is 17.3 Å². The minimum absolute atomic E-state index is 0.168. The molecule has 2 N–H and O–H groups in total. The van der Waals surface area contributed by atoms with Crippen molar-refractivity contribution in [3.63, 3.8) is 0 Å². The number of ether oxygens (including phenoxy) is 2. The van der Waals surface area contributed by atoms with E-state index in [1.807, 2.05) is 54.8 Å². The summed E-state index contributed by atoms with van der Waals surface area (Å²) in [6.45, 7) is 2.46. The predicted molar refractivity (Wildman–Crippen MR) is 154 cm³/mol. The van der Waals surface area contributed by atoms with Gasteiger partial charge in [-0.05, 0) is 75.1 Å². The lowest BCUT2D eigenvalue weighted by atomic mass is 10.1. The van der Waals surface area contributed by atoms with Crippen LogP contribution >= 0.6 is 27.5 Å². The molecule has 212 valence electrons. The van der Waals surface area contributed by atoms with Crippen LogP contribution < -0.4 is 20.2 Å². The Balaban J connectivity index is 1.43. The Morgan fingerprint density at radius 3 is 2.51 bits per heavy atom. The summed E-state index contributed by atoms with van der Waals surface area (Å²) in [7, 11) is 0. The highest BCUT2D eigenvalue weighted by atomic mass is 79.9. The third-order valence-electron chi connectivity index (χ3n) is 5.71. The number of fused-ring (bicyclic) bond motifs is 1. The summed E-state index contributed by atoms with van der Waals surface area (Å²) in [6.07, 6.45) is -3.38. The number of carbonyl (C=O) groups is 2. The van der Waals surface area contributed by atoms with E-state index in [2.05, 4.69) is 26.3 Å². The van der Waals surface area contributed by atoms with Gasteiger partial charge in [-0.1, -0.05) is 54.1 Å². The zero-order chi connectivity index (χ0) is 29.6. The number of rotatable bonds is 8. The molecule has 2 amide bonds. The number of anilines is 1. The number of hydrogen-bond acceptors (Lipinski definition) is 5. The highest BCUT2D eigenvalue weighted by Gasteiger charge is 2.31. The minimum atomic E-state index is -4.65. The number of nitrogens with zero attached hydrogens (tertiary/aromatic N) is 1. The van der Waals surface area contributed by atoms with Crippen LogP contribution in [-0.2, 0) is 22.4 Å². The smallest absolute Gasteiger partial charge is 0.416 e. The van der Waals surface area contributed by atoms with Crippen molar-refractivity contribution in [3.05, 3.63) is 99.0 Å².